The van der Waals surface area contributed by atoms with Crippen LogP contribution in [0.3, 0.4) is 0 Å². The zero-order valence-electron chi connectivity index (χ0n) is 19.1. The van der Waals surface area contributed by atoms with E-state index in [9.17, 15) is 4.79 Å². The van der Waals surface area contributed by atoms with Crippen LogP contribution in [0.15, 0.2) is 17.4 Å². The molecule has 1 amide bonds. The van der Waals surface area contributed by atoms with E-state index in [0.717, 1.165) is 51.4 Å². The third kappa shape index (κ3) is 9.02. The van der Waals surface area contributed by atoms with Gasteiger partial charge in [0.25, 0.3) is 0 Å². The molecule has 0 aromatic carbocycles. The van der Waals surface area contributed by atoms with Crippen LogP contribution in [-0.2, 0) is 16.0 Å². The Morgan fingerprint density at radius 3 is 2.60 bits per heavy atom. The number of nitrogens with zero attached hydrogens (tertiary/aromatic N) is 4. The van der Waals surface area contributed by atoms with Crippen LogP contribution < -0.4 is 10.6 Å². The van der Waals surface area contributed by atoms with E-state index in [-0.39, 0.29) is 12.2 Å². The van der Waals surface area contributed by atoms with Crippen LogP contribution >= 0.6 is 0 Å². The maximum Gasteiger partial charge on any atom is 0.407 e. The number of piperidine rings is 1. The molecule has 0 aliphatic carbocycles. The number of rotatable bonds is 8. The van der Waals surface area contributed by atoms with Crippen molar-refractivity contribution in [3.05, 3.63) is 18.0 Å². The summed E-state index contributed by atoms with van der Waals surface area (Å²) in [6, 6.07) is 0. The highest BCUT2D eigenvalue weighted by molar-refractivity contribution is 5.79. The van der Waals surface area contributed by atoms with Crippen molar-refractivity contribution in [1.29, 1.82) is 0 Å². The molecule has 1 aromatic rings. The van der Waals surface area contributed by atoms with Gasteiger partial charge in [0.05, 0.1) is 18.8 Å². The Labute approximate surface area is 180 Å². The van der Waals surface area contributed by atoms with E-state index >= 15 is 0 Å². The molecule has 1 aliphatic heterocycles. The number of aryl methyl sites for hydroxylation is 1. The van der Waals surface area contributed by atoms with Crippen LogP contribution in [0, 0.1) is 6.92 Å². The number of amides is 1. The van der Waals surface area contributed by atoms with Crippen molar-refractivity contribution in [1.82, 2.24) is 25.3 Å². The molecule has 0 saturated carbocycles. The normalized spacial score (nSPS) is 15.9. The quantitative estimate of drug-likeness (QED) is 0.379. The first-order valence-electron chi connectivity index (χ1n) is 10.8. The highest BCUT2D eigenvalue weighted by Gasteiger charge is 2.22. The average molecular weight is 423 g/mol. The summed E-state index contributed by atoms with van der Waals surface area (Å²) < 4.78 is 13.1. The minimum atomic E-state index is -0.470. The summed E-state index contributed by atoms with van der Waals surface area (Å²) in [5.41, 5.74) is 0.699. The third-order valence-electron chi connectivity index (χ3n) is 4.68. The minimum absolute atomic E-state index is 0.257. The fourth-order valence-corrected chi connectivity index (χ4v) is 3.26. The fourth-order valence-electron chi connectivity index (χ4n) is 3.26. The molecular formula is C21H38N6O3. The monoisotopic (exact) mass is 422 g/mol. The number of likely N-dealkylation sites (tertiary alicyclic amines) is 1. The largest absolute Gasteiger partial charge is 0.444 e. The van der Waals surface area contributed by atoms with Gasteiger partial charge in [0.15, 0.2) is 5.96 Å². The molecule has 0 unspecified atom stereocenters. The summed E-state index contributed by atoms with van der Waals surface area (Å²) in [6.45, 7) is 12.2. The third-order valence-corrected chi connectivity index (χ3v) is 4.68. The van der Waals surface area contributed by atoms with Gasteiger partial charge in [-0.2, -0.15) is 5.10 Å². The van der Waals surface area contributed by atoms with Gasteiger partial charge in [-0.05, 0) is 52.5 Å². The predicted molar refractivity (Wildman–Crippen MR) is 118 cm³/mol. The lowest BCUT2D eigenvalue weighted by Crippen LogP contribution is -2.47. The smallest absolute Gasteiger partial charge is 0.407 e. The number of aliphatic imine (C=N–C) groups is 1. The Bertz CT molecular complexity index is 675. The lowest BCUT2D eigenvalue weighted by atomic mass is 10.1. The maximum absolute atomic E-state index is 11.6. The molecule has 1 fully saturated rings. The lowest BCUT2D eigenvalue weighted by Gasteiger charge is -2.34. The molecule has 30 heavy (non-hydrogen) atoms. The van der Waals surface area contributed by atoms with E-state index in [1.165, 1.54) is 5.56 Å². The van der Waals surface area contributed by atoms with Crippen molar-refractivity contribution < 1.29 is 14.3 Å². The minimum Gasteiger partial charge on any atom is -0.444 e. The van der Waals surface area contributed by atoms with Gasteiger partial charge in [-0.15, -0.1) is 0 Å². The molecule has 0 radical (unpaired) electrons. The average Bonchev–Trinajstić information content (AvgIpc) is 3.09. The first-order valence-corrected chi connectivity index (χ1v) is 10.8. The Morgan fingerprint density at radius 2 is 2.00 bits per heavy atom. The molecule has 1 aliphatic rings. The molecule has 9 nitrogen and oxygen atoms in total. The second-order valence-corrected chi connectivity index (χ2v) is 8.59. The zero-order chi connectivity index (χ0) is 22.0. The van der Waals surface area contributed by atoms with Gasteiger partial charge in [-0.3, -0.25) is 9.67 Å². The number of carbonyl (C=O) groups is 1. The second kappa shape index (κ2) is 11.8. The van der Waals surface area contributed by atoms with E-state index in [1.54, 1.807) is 0 Å². The van der Waals surface area contributed by atoms with Crippen LogP contribution in [0.5, 0.6) is 0 Å². The van der Waals surface area contributed by atoms with Gasteiger partial charge < -0.3 is 25.0 Å². The highest BCUT2D eigenvalue weighted by Crippen LogP contribution is 2.14. The van der Waals surface area contributed by atoms with Gasteiger partial charge in [0.1, 0.15) is 5.60 Å². The molecule has 0 bridgehead atoms. The molecule has 170 valence electrons. The van der Waals surface area contributed by atoms with Gasteiger partial charge in [-0.1, -0.05) is 0 Å². The van der Waals surface area contributed by atoms with Crippen LogP contribution in [0.4, 0.5) is 4.79 Å². The zero-order valence-corrected chi connectivity index (χ0v) is 19.1. The summed E-state index contributed by atoms with van der Waals surface area (Å²) in [5, 5.41) is 10.5. The number of hydrogen-bond donors (Lipinski definition) is 2. The molecule has 0 atom stereocenters. The van der Waals surface area contributed by atoms with E-state index < -0.39 is 5.60 Å². The standard InChI is InChI=1S/C21H38N6O3/c1-17-15-25-27(16-17)13-10-23-19(22-5)26-11-7-18(8-12-26)29-14-6-9-24-20(28)30-21(2,3)4/h15-16,18H,6-14H2,1-5H3,(H,22,23)(H,24,28). The number of hydrogen-bond acceptors (Lipinski definition) is 5. The Balaban J connectivity index is 1.56. The number of ether oxygens (including phenoxy) is 2. The van der Waals surface area contributed by atoms with Crippen molar-refractivity contribution in [2.75, 3.05) is 39.8 Å². The van der Waals surface area contributed by atoms with Gasteiger partial charge in [0, 0.05) is 46.0 Å². The molecule has 1 aromatic heterocycles. The number of nitrogens with one attached hydrogen (secondary N) is 2. The van der Waals surface area contributed by atoms with Crippen LogP contribution in [0.2, 0.25) is 0 Å². The Kier molecular flexibility index (Phi) is 9.42. The van der Waals surface area contributed by atoms with Crippen LogP contribution in [0.25, 0.3) is 0 Å². The second-order valence-electron chi connectivity index (χ2n) is 8.59. The van der Waals surface area contributed by atoms with Crippen molar-refractivity contribution >= 4 is 12.1 Å². The van der Waals surface area contributed by atoms with Crippen molar-refractivity contribution in [3.63, 3.8) is 0 Å². The molecule has 2 heterocycles. The van der Waals surface area contributed by atoms with Crippen molar-refractivity contribution in [3.8, 4) is 0 Å². The summed E-state index contributed by atoms with van der Waals surface area (Å²) in [4.78, 5) is 18.3. The SMILES string of the molecule is CN=C(NCCn1cc(C)cn1)N1CCC(OCCCNC(=O)OC(C)(C)C)CC1. The van der Waals surface area contributed by atoms with Gasteiger partial charge in [0.2, 0.25) is 0 Å². The number of guanidine groups is 1. The molecule has 2 N–H and O–H groups in total. The van der Waals surface area contributed by atoms with E-state index in [1.807, 2.05) is 51.8 Å². The topological polar surface area (TPSA) is 93.0 Å². The van der Waals surface area contributed by atoms with E-state index in [4.69, 9.17) is 9.47 Å². The molecule has 0 spiro atoms. The Morgan fingerprint density at radius 1 is 1.27 bits per heavy atom. The fraction of sp³-hybridized carbons (Fsp3) is 0.762. The van der Waals surface area contributed by atoms with Gasteiger partial charge in [-0.25, -0.2) is 4.79 Å². The van der Waals surface area contributed by atoms with E-state index in [2.05, 4.69) is 25.6 Å². The number of aromatic nitrogens is 2. The Hall–Kier alpha value is -2.29. The van der Waals surface area contributed by atoms with Crippen molar-refractivity contribution in [2.45, 2.75) is 65.2 Å². The molecule has 2 rings (SSSR count). The lowest BCUT2D eigenvalue weighted by molar-refractivity contribution is 0.0170. The summed E-state index contributed by atoms with van der Waals surface area (Å²) >= 11 is 0. The van der Waals surface area contributed by atoms with Gasteiger partial charge >= 0.3 is 6.09 Å². The summed E-state index contributed by atoms with van der Waals surface area (Å²) in [6.07, 6.45) is 6.50. The summed E-state index contributed by atoms with van der Waals surface area (Å²) in [7, 11) is 1.82. The first-order chi connectivity index (χ1) is 14.3. The highest BCUT2D eigenvalue weighted by atomic mass is 16.6. The number of carbonyl (C=O) groups excluding carboxylic acids is 1. The predicted octanol–water partition coefficient (Wildman–Crippen LogP) is 2.16. The molecule has 9 heteroatoms. The van der Waals surface area contributed by atoms with Crippen LogP contribution in [-0.4, -0.2) is 78.3 Å². The molecular weight excluding hydrogens is 384 g/mol. The van der Waals surface area contributed by atoms with E-state index in [0.29, 0.717) is 13.2 Å². The first kappa shape index (κ1) is 24.0. The number of alkyl carbamates (subject to hydrolysis) is 1. The van der Waals surface area contributed by atoms with Crippen LogP contribution in [0.1, 0.15) is 45.6 Å². The van der Waals surface area contributed by atoms with Crippen molar-refractivity contribution in [2.24, 2.45) is 4.99 Å². The summed E-state index contributed by atoms with van der Waals surface area (Å²) in [5.74, 6) is 0.930. The molecule has 1 saturated heterocycles. The maximum atomic E-state index is 11.6.